The molecule has 0 aliphatic heterocycles. The van der Waals surface area contributed by atoms with E-state index in [2.05, 4.69) is 18.8 Å². The van der Waals surface area contributed by atoms with Gasteiger partial charge >= 0.3 is 11.9 Å². The Morgan fingerprint density at radius 1 is 0.923 bits per heavy atom. The summed E-state index contributed by atoms with van der Waals surface area (Å²) in [6.45, 7) is 6.56. The van der Waals surface area contributed by atoms with E-state index in [-0.39, 0.29) is 17.5 Å². The van der Waals surface area contributed by atoms with Gasteiger partial charge in [0.2, 0.25) is 0 Å². The summed E-state index contributed by atoms with van der Waals surface area (Å²) in [6, 6.07) is 4.74. The third kappa shape index (κ3) is 8.97. The first-order valence-corrected chi connectivity index (χ1v) is 9.93. The molecule has 0 aromatic carbocycles. The average molecular weight is 363 g/mol. The molecule has 0 amide bonds. The largest absolute Gasteiger partial charge is 0.461 e. The van der Waals surface area contributed by atoms with Crippen LogP contribution in [0.5, 0.6) is 0 Å². The lowest BCUT2D eigenvalue weighted by Crippen LogP contribution is -2.17. The highest BCUT2D eigenvalue weighted by Gasteiger charge is 2.16. The zero-order valence-electron chi connectivity index (χ0n) is 16.5. The van der Waals surface area contributed by atoms with E-state index in [1.54, 1.807) is 18.2 Å². The molecule has 0 radical (unpaired) electrons. The fourth-order valence-corrected chi connectivity index (χ4v) is 2.59. The molecule has 1 atom stereocenters. The quantitative estimate of drug-likeness (QED) is 0.350. The van der Waals surface area contributed by atoms with Crippen molar-refractivity contribution < 1.29 is 19.1 Å². The van der Waals surface area contributed by atoms with E-state index < -0.39 is 11.9 Å². The van der Waals surface area contributed by atoms with Gasteiger partial charge in [-0.25, -0.2) is 14.6 Å². The van der Waals surface area contributed by atoms with E-state index in [4.69, 9.17) is 9.47 Å². The summed E-state index contributed by atoms with van der Waals surface area (Å²) in [7, 11) is 0. The van der Waals surface area contributed by atoms with Crippen molar-refractivity contribution in [2.45, 2.75) is 84.7 Å². The second-order valence-electron chi connectivity index (χ2n) is 6.67. The molecule has 146 valence electrons. The number of aromatic nitrogens is 1. The molecule has 1 aromatic rings. The molecule has 1 heterocycles. The molecule has 5 nitrogen and oxygen atoms in total. The van der Waals surface area contributed by atoms with Crippen LogP contribution >= 0.6 is 0 Å². The van der Waals surface area contributed by atoms with Gasteiger partial charge in [0, 0.05) is 0 Å². The monoisotopic (exact) mass is 363 g/mol. The van der Waals surface area contributed by atoms with Gasteiger partial charge in [-0.3, -0.25) is 0 Å². The second-order valence-corrected chi connectivity index (χ2v) is 6.67. The predicted molar refractivity (Wildman–Crippen MR) is 102 cm³/mol. The van der Waals surface area contributed by atoms with Crippen LogP contribution in [-0.2, 0) is 9.47 Å². The molecule has 1 aromatic heterocycles. The van der Waals surface area contributed by atoms with Crippen LogP contribution in [0.3, 0.4) is 0 Å². The maximum atomic E-state index is 12.2. The fraction of sp³-hybridized carbons (Fsp3) is 0.667. The minimum atomic E-state index is -0.497. The molecule has 0 aliphatic carbocycles. The molecule has 0 bridgehead atoms. The van der Waals surface area contributed by atoms with Gasteiger partial charge in [-0.1, -0.05) is 58.4 Å². The first kappa shape index (κ1) is 22.1. The summed E-state index contributed by atoms with van der Waals surface area (Å²) < 4.78 is 10.6. The fourth-order valence-electron chi connectivity index (χ4n) is 2.59. The van der Waals surface area contributed by atoms with Gasteiger partial charge in [-0.15, -0.1) is 0 Å². The van der Waals surface area contributed by atoms with Crippen LogP contribution in [0.4, 0.5) is 0 Å². The van der Waals surface area contributed by atoms with Crippen molar-refractivity contribution in [1.82, 2.24) is 4.98 Å². The van der Waals surface area contributed by atoms with E-state index in [0.717, 1.165) is 44.9 Å². The maximum absolute atomic E-state index is 12.2. The van der Waals surface area contributed by atoms with E-state index in [9.17, 15) is 9.59 Å². The highest BCUT2D eigenvalue weighted by atomic mass is 16.5. The molecule has 0 N–H and O–H groups in total. The molecular formula is C21H33NO4. The van der Waals surface area contributed by atoms with Gasteiger partial charge in [-0.05, 0) is 38.3 Å². The molecule has 0 saturated carbocycles. The zero-order chi connectivity index (χ0) is 19.2. The molecule has 1 unspecified atom stereocenters. The van der Waals surface area contributed by atoms with Crippen LogP contribution in [-0.4, -0.2) is 29.6 Å². The van der Waals surface area contributed by atoms with Gasteiger partial charge < -0.3 is 9.47 Å². The van der Waals surface area contributed by atoms with Crippen LogP contribution in [0.2, 0.25) is 0 Å². The number of esters is 2. The number of hydrogen-bond acceptors (Lipinski definition) is 5. The summed E-state index contributed by atoms with van der Waals surface area (Å²) in [5.41, 5.74) is 0.288. The number of unbranched alkanes of at least 4 members (excludes halogenated alkanes) is 6. The Bertz CT molecular complexity index is 545. The highest BCUT2D eigenvalue weighted by Crippen LogP contribution is 2.11. The summed E-state index contributed by atoms with van der Waals surface area (Å²) in [6.07, 6.45) is 9.41. The summed E-state index contributed by atoms with van der Waals surface area (Å²) in [5, 5.41) is 0. The zero-order valence-corrected chi connectivity index (χ0v) is 16.5. The molecule has 0 aliphatic rings. The Morgan fingerprint density at radius 2 is 1.54 bits per heavy atom. The van der Waals surface area contributed by atoms with Crippen molar-refractivity contribution >= 4 is 11.9 Å². The molecular weight excluding hydrogens is 330 g/mol. The highest BCUT2D eigenvalue weighted by molar-refractivity contribution is 5.91. The lowest BCUT2D eigenvalue weighted by atomic mass is 10.1. The van der Waals surface area contributed by atoms with Crippen LogP contribution in [0.25, 0.3) is 0 Å². The third-order valence-electron chi connectivity index (χ3n) is 4.17. The number of carbonyl (C=O) groups is 2. The topological polar surface area (TPSA) is 65.5 Å². The third-order valence-corrected chi connectivity index (χ3v) is 4.17. The number of carbonyl (C=O) groups excluding carboxylic acids is 2. The van der Waals surface area contributed by atoms with Gasteiger partial charge in [0.25, 0.3) is 0 Å². The normalized spacial score (nSPS) is 11.8. The minimum Gasteiger partial charge on any atom is -0.461 e. The first-order valence-electron chi connectivity index (χ1n) is 9.93. The van der Waals surface area contributed by atoms with E-state index in [0.29, 0.717) is 6.61 Å². The lowest BCUT2D eigenvalue weighted by molar-refractivity contribution is 0.0312. The molecule has 0 spiro atoms. The Hall–Kier alpha value is -1.91. The first-order chi connectivity index (χ1) is 12.6. The van der Waals surface area contributed by atoms with Crippen LogP contribution in [0.15, 0.2) is 18.2 Å². The van der Waals surface area contributed by atoms with Crippen LogP contribution < -0.4 is 0 Å². The van der Waals surface area contributed by atoms with Crippen molar-refractivity contribution in [3.63, 3.8) is 0 Å². The second kappa shape index (κ2) is 13.3. The lowest BCUT2D eigenvalue weighted by Gasteiger charge is -2.13. The van der Waals surface area contributed by atoms with Gasteiger partial charge in [0.15, 0.2) is 0 Å². The van der Waals surface area contributed by atoms with Crippen LogP contribution in [0, 0.1) is 0 Å². The number of nitrogens with zero attached hydrogens (tertiary/aromatic N) is 1. The standard InChI is InChI=1S/C21H33NO4/c1-4-6-8-10-13-17(3)26-21(24)19-15-12-14-18(22-19)20(23)25-16-11-9-7-5-2/h12,14-15,17H,4-11,13,16H2,1-3H3. The van der Waals surface area contributed by atoms with Crippen molar-refractivity contribution in [1.29, 1.82) is 0 Å². The Balaban J connectivity index is 2.46. The Kier molecular flexibility index (Phi) is 11.3. The number of pyridine rings is 1. The van der Waals surface area contributed by atoms with Gasteiger partial charge in [0.1, 0.15) is 11.4 Å². The van der Waals surface area contributed by atoms with Crippen molar-refractivity contribution in [3.8, 4) is 0 Å². The molecule has 5 heteroatoms. The maximum Gasteiger partial charge on any atom is 0.357 e. The minimum absolute atomic E-state index is 0.144. The molecule has 0 saturated heterocycles. The van der Waals surface area contributed by atoms with Gasteiger partial charge in [0.05, 0.1) is 12.7 Å². The van der Waals surface area contributed by atoms with Crippen molar-refractivity contribution in [2.24, 2.45) is 0 Å². The Morgan fingerprint density at radius 3 is 2.19 bits per heavy atom. The van der Waals surface area contributed by atoms with Crippen molar-refractivity contribution in [3.05, 3.63) is 29.6 Å². The van der Waals surface area contributed by atoms with E-state index >= 15 is 0 Å². The van der Waals surface area contributed by atoms with Crippen molar-refractivity contribution in [2.75, 3.05) is 6.61 Å². The average Bonchev–Trinajstić information content (AvgIpc) is 2.65. The van der Waals surface area contributed by atoms with E-state index in [1.807, 2.05) is 6.92 Å². The molecule has 26 heavy (non-hydrogen) atoms. The van der Waals surface area contributed by atoms with Crippen LogP contribution in [0.1, 0.15) is 99.5 Å². The van der Waals surface area contributed by atoms with Gasteiger partial charge in [-0.2, -0.15) is 0 Å². The number of rotatable bonds is 13. The Labute approximate surface area is 157 Å². The molecule has 0 fully saturated rings. The SMILES string of the molecule is CCCCCCOC(=O)c1cccc(C(=O)OC(C)CCCCCC)n1. The van der Waals surface area contributed by atoms with E-state index in [1.165, 1.54) is 12.8 Å². The summed E-state index contributed by atoms with van der Waals surface area (Å²) in [4.78, 5) is 28.4. The molecule has 1 rings (SSSR count). The smallest absolute Gasteiger partial charge is 0.357 e. The summed E-state index contributed by atoms with van der Waals surface area (Å²) in [5.74, 6) is -0.991. The summed E-state index contributed by atoms with van der Waals surface area (Å²) >= 11 is 0. The number of hydrogen-bond donors (Lipinski definition) is 0. The predicted octanol–water partition coefficient (Wildman–Crippen LogP) is 5.33. The number of ether oxygens (including phenoxy) is 2.